The largest absolute Gasteiger partial charge is 0.438 e. The Morgan fingerprint density at radius 1 is 0.982 bits per heavy atom. The zero-order valence-electron chi connectivity index (χ0n) is 31.3. The first-order valence-corrected chi connectivity index (χ1v) is 18.8. The highest BCUT2D eigenvalue weighted by molar-refractivity contribution is 6.07. The van der Waals surface area contributed by atoms with E-state index < -0.39 is 6.03 Å². The molecule has 0 saturated carbocycles. The Balaban J connectivity index is 0.995. The molecule has 0 atom stereocenters. The zero-order valence-corrected chi connectivity index (χ0v) is 31.3. The van der Waals surface area contributed by atoms with Crippen LogP contribution in [0, 0.1) is 6.92 Å². The molecule has 15 heteroatoms. The number of H-pyrrole nitrogens is 1. The number of aryl methyl sites for hydroxylation is 2. The van der Waals surface area contributed by atoms with Crippen LogP contribution in [0.4, 0.5) is 27.9 Å². The summed E-state index contributed by atoms with van der Waals surface area (Å²) in [4.78, 5) is 37.8. The Hall–Kier alpha value is -6.58. The number of aromatic nitrogens is 7. The number of urea groups is 1. The maximum atomic E-state index is 13.7. The number of hydrogen-bond donors (Lipinski definition) is 4. The van der Waals surface area contributed by atoms with Gasteiger partial charge in [0.1, 0.15) is 11.6 Å². The summed E-state index contributed by atoms with van der Waals surface area (Å²) in [6, 6.07) is 21.7. The van der Waals surface area contributed by atoms with Gasteiger partial charge in [0, 0.05) is 78.6 Å². The van der Waals surface area contributed by atoms with E-state index in [9.17, 15) is 9.59 Å². The number of amides is 2. The van der Waals surface area contributed by atoms with Crippen LogP contribution in [0.3, 0.4) is 0 Å². The molecule has 1 aliphatic rings. The standard InChI is InChI=1S/C41H43N11O4/c1-3-4-7-29-24-36(52(49-29)31-10-13-38(53)51(26-31)17-16-50-18-20-55-21-19-50)46-41(54)45-34-11-12-35(33-9-6-5-8-32(33)34)56-37-14-15-42-40(47-37)44-30-22-27(2)39-28(23-30)25-43-48-39/h5-6,8-15,22-26H,3-4,7,16-21H2,1-2H3,(H,43,48)(H,42,44,47)(H2,45,46,54). The second-order valence-corrected chi connectivity index (χ2v) is 13.7. The summed E-state index contributed by atoms with van der Waals surface area (Å²) in [6.45, 7) is 8.48. The first-order chi connectivity index (χ1) is 27.4. The first kappa shape index (κ1) is 36.4. The number of unbranched alkanes of at least 4 members (excludes halogenated alkanes) is 1. The van der Waals surface area contributed by atoms with E-state index in [0.717, 1.165) is 77.5 Å². The van der Waals surface area contributed by atoms with Crippen LogP contribution in [0.25, 0.3) is 27.4 Å². The molecule has 1 saturated heterocycles. The number of aromatic amines is 1. The number of pyridine rings is 1. The average Bonchev–Trinajstić information content (AvgIpc) is 3.86. The van der Waals surface area contributed by atoms with E-state index in [2.05, 4.69) is 47.9 Å². The predicted molar refractivity (Wildman–Crippen MR) is 217 cm³/mol. The zero-order chi connectivity index (χ0) is 38.4. The Morgan fingerprint density at radius 3 is 2.70 bits per heavy atom. The molecule has 8 rings (SSSR count). The van der Waals surface area contributed by atoms with Gasteiger partial charge in [0.2, 0.25) is 11.8 Å². The van der Waals surface area contributed by atoms with E-state index >= 15 is 0 Å². The number of nitrogens with one attached hydrogen (secondary N) is 4. The SMILES string of the molecule is CCCCc1cc(NC(=O)Nc2ccc(Oc3ccnc(Nc4cc(C)c5[nH]ncc5c4)n3)c3ccccc23)n(-c2ccc(=O)n(CCN3CCOCC3)c2)n1. The van der Waals surface area contributed by atoms with Gasteiger partial charge in [-0.05, 0) is 55.7 Å². The van der Waals surface area contributed by atoms with Crippen LogP contribution in [0.15, 0.2) is 96.2 Å². The van der Waals surface area contributed by atoms with Crippen molar-refractivity contribution in [2.24, 2.45) is 0 Å². The fraction of sp³-hybridized carbons (Fsp3) is 0.268. The van der Waals surface area contributed by atoms with Crippen molar-refractivity contribution in [2.75, 3.05) is 48.8 Å². The second kappa shape index (κ2) is 16.4. The Labute approximate surface area is 322 Å². The van der Waals surface area contributed by atoms with Gasteiger partial charge in [-0.2, -0.15) is 15.2 Å². The Morgan fingerprint density at radius 2 is 1.84 bits per heavy atom. The molecule has 4 aromatic heterocycles. The van der Waals surface area contributed by atoms with Crippen molar-refractivity contribution in [3.05, 3.63) is 113 Å². The number of nitrogens with zero attached hydrogens (tertiary/aromatic N) is 7. The lowest BCUT2D eigenvalue weighted by atomic mass is 10.1. The third-order valence-corrected chi connectivity index (χ3v) is 9.74. The molecule has 0 unspecified atom stereocenters. The highest BCUT2D eigenvalue weighted by atomic mass is 16.5. The van der Waals surface area contributed by atoms with Crippen LogP contribution in [-0.2, 0) is 17.7 Å². The number of ether oxygens (including phenoxy) is 2. The molecular weight excluding hydrogens is 711 g/mol. The second-order valence-electron chi connectivity index (χ2n) is 13.7. The molecule has 0 radical (unpaired) electrons. The highest BCUT2D eigenvalue weighted by Crippen LogP contribution is 2.34. The van der Waals surface area contributed by atoms with Gasteiger partial charge in [0.25, 0.3) is 5.56 Å². The van der Waals surface area contributed by atoms with Crippen molar-refractivity contribution in [1.29, 1.82) is 0 Å². The van der Waals surface area contributed by atoms with Gasteiger partial charge in [-0.3, -0.25) is 20.1 Å². The number of hydrogen-bond acceptors (Lipinski definition) is 10. The molecule has 1 fully saturated rings. The molecular formula is C41H43N11O4. The molecule has 5 heterocycles. The molecule has 1 aliphatic heterocycles. The fourth-order valence-corrected chi connectivity index (χ4v) is 6.84. The van der Waals surface area contributed by atoms with Crippen molar-refractivity contribution < 1.29 is 14.3 Å². The predicted octanol–water partition coefficient (Wildman–Crippen LogP) is 7.02. The van der Waals surface area contributed by atoms with Gasteiger partial charge >= 0.3 is 6.03 Å². The maximum Gasteiger partial charge on any atom is 0.324 e. The van der Waals surface area contributed by atoms with Gasteiger partial charge in [-0.25, -0.2) is 14.5 Å². The van der Waals surface area contributed by atoms with E-state index in [1.54, 1.807) is 58.2 Å². The highest BCUT2D eigenvalue weighted by Gasteiger charge is 2.17. The molecule has 2 amide bonds. The quantitative estimate of drug-likeness (QED) is 0.0961. The molecule has 7 aromatic rings. The molecule has 0 spiro atoms. The van der Waals surface area contributed by atoms with Gasteiger partial charge in [-0.1, -0.05) is 37.6 Å². The number of fused-ring (bicyclic) bond motifs is 2. The summed E-state index contributed by atoms with van der Waals surface area (Å²) >= 11 is 0. The van der Waals surface area contributed by atoms with E-state index in [1.165, 1.54) is 0 Å². The van der Waals surface area contributed by atoms with E-state index in [0.29, 0.717) is 54.5 Å². The minimum Gasteiger partial charge on any atom is -0.438 e. The van der Waals surface area contributed by atoms with Crippen molar-refractivity contribution in [1.82, 2.24) is 39.4 Å². The lowest BCUT2D eigenvalue weighted by Gasteiger charge is -2.26. The summed E-state index contributed by atoms with van der Waals surface area (Å²) in [5.41, 5.74) is 4.87. The van der Waals surface area contributed by atoms with Crippen LogP contribution >= 0.6 is 0 Å². The monoisotopic (exact) mass is 753 g/mol. The van der Waals surface area contributed by atoms with Gasteiger partial charge < -0.3 is 24.7 Å². The van der Waals surface area contributed by atoms with Crippen LogP contribution in [0.5, 0.6) is 11.6 Å². The number of carbonyl (C=O) groups excluding carboxylic acids is 1. The third-order valence-electron chi connectivity index (χ3n) is 9.74. The Kier molecular flexibility index (Phi) is 10.7. The van der Waals surface area contributed by atoms with Gasteiger partial charge in [0.05, 0.1) is 42.0 Å². The Bertz CT molecular complexity index is 2560. The maximum absolute atomic E-state index is 13.7. The van der Waals surface area contributed by atoms with Crippen LogP contribution in [0.1, 0.15) is 31.0 Å². The smallest absolute Gasteiger partial charge is 0.324 e. The average molecular weight is 754 g/mol. The minimum atomic E-state index is -0.442. The lowest BCUT2D eigenvalue weighted by molar-refractivity contribution is 0.0363. The van der Waals surface area contributed by atoms with E-state index in [-0.39, 0.29) is 5.56 Å². The van der Waals surface area contributed by atoms with E-state index in [1.807, 2.05) is 49.4 Å². The number of rotatable bonds is 13. The molecule has 4 N–H and O–H groups in total. The van der Waals surface area contributed by atoms with Crippen LogP contribution < -0.4 is 26.2 Å². The molecule has 15 nitrogen and oxygen atoms in total. The van der Waals surface area contributed by atoms with Crippen molar-refractivity contribution in [2.45, 2.75) is 39.7 Å². The number of benzene rings is 3. The van der Waals surface area contributed by atoms with Gasteiger partial charge in [0.15, 0.2) is 0 Å². The van der Waals surface area contributed by atoms with Gasteiger partial charge in [-0.15, -0.1) is 0 Å². The van der Waals surface area contributed by atoms with Crippen molar-refractivity contribution in [3.8, 4) is 17.3 Å². The summed E-state index contributed by atoms with van der Waals surface area (Å²) in [5.74, 6) is 1.79. The number of carbonyl (C=O) groups is 1. The molecule has 286 valence electrons. The number of morpholine rings is 1. The fourth-order valence-electron chi connectivity index (χ4n) is 6.84. The summed E-state index contributed by atoms with van der Waals surface area (Å²) in [7, 11) is 0. The van der Waals surface area contributed by atoms with E-state index in [4.69, 9.17) is 14.6 Å². The summed E-state index contributed by atoms with van der Waals surface area (Å²) < 4.78 is 15.1. The van der Waals surface area contributed by atoms with Crippen molar-refractivity contribution in [3.63, 3.8) is 0 Å². The first-order valence-electron chi connectivity index (χ1n) is 18.8. The normalized spacial score (nSPS) is 13.2. The summed E-state index contributed by atoms with van der Waals surface area (Å²) in [6.07, 6.45) is 7.93. The van der Waals surface area contributed by atoms with Crippen LogP contribution in [0.2, 0.25) is 0 Å². The topological polar surface area (TPSA) is 169 Å². The summed E-state index contributed by atoms with van der Waals surface area (Å²) in [5, 5.41) is 23.8. The van der Waals surface area contributed by atoms with Crippen LogP contribution in [-0.4, -0.2) is 78.3 Å². The molecule has 3 aromatic carbocycles. The molecule has 56 heavy (non-hydrogen) atoms. The van der Waals surface area contributed by atoms with Crippen molar-refractivity contribution >= 4 is 50.8 Å². The minimum absolute atomic E-state index is 0.0950. The lowest BCUT2D eigenvalue weighted by Crippen LogP contribution is -2.39. The molecule has 0 aliphatic carbocycles. The molecule has 0 bridgehead atoms. The number of anilines is 4. The third kappa shape index (κ3) is 8.23.